The Morgan fingerprint density at radius 3 is 1.58 bits per heavy atom. The van der Waals surface area contributed by atoms with Crippen molar-refractivity contribution >= 4 is 21.8 Å². The molecule has 0 bridgehead atoms. The third-order valence-electron chi connectivity index (χ3n) is 8.22. The highest BCUT2D eigenvalue weighted by atomic mass is 16.1. The molecule has 45 heavy (non-hydrogen) atoms. The molecule has 0 saturated heterocycles. The molecule has 0 fully saturated rings. The maximum atomic E-state index is 13.4. The van der Waals surface area contributed by atoms with Crippen molar-refractivity contribution in [1.82, 2.24) is 24.1 Å². The Kier molecular flexibility index (Phi) is 6.38. The average molecular weight is 582 g/mol. The van der Waals surface area contributed by atoms with E-state index in [4.69, 9.17) is 15.0 Å². The van der Waals surface area contributed by atoms with E-state index >= 15 is 0 Å². The Labute approximate surface area is 259 Å². The SMILES string of the molecule is Cn1c(=O)n(-c2ccc3ccccc3c2)c2cc(-c3ccc(-c4nc(-c5ccccc5)nc(-c5ccccc5)n4)cc3)ccc21. The van der Waals surface area contributed by atoms with Crippen LogP contribution in [0.2, 0.25) is 0 Å². The van der Waals surface area contributed by atoms with Gasteiger partial charge in [0.2, 0.25) is 0 Å². The molecule has 6 heteroatoms. The van der Waals surface area contributed by atoms with E-state index in [0.717, 1.165) is 55.3 Å². The first-order valence-electron chi connectivity index (χ1n) is 14.8. The van der Waals surface area contributed by atoms with E-state index in [-0.39, 0.29) is 5.69 Å². The van der Waals surface area contributed by atoms with Gasteiger partial charge in [-0.05, 0) is 46.2 Å². The Balaban J connectivity index is 1.20. The zero-order valence-corrected chi connectivity index (χ0v) is 24.5. The van der Waals surface area contributed by atoms with Crippen LogP contribution in [-0.2, 0) is 7.05 Å². The molecule has 0 spiro atoms. The molecule has 214 valence electrons. The fourth-order valence-corrected chi connectivity index (χ4v) is 5.84. The molecule has 8 rings (SSSR count). The van der Waals surface area contributed by atoms with Gasteiger partial charge in [0, 0.05) is 23.7 Å². The predicted molar refractivity (Wildman–Crippen MR) is 181 cm³/mol. The van der Waals surface area contributed by atoms with Crippen molar-refractivity contribution in [2.24, 2.45) is 7.05 Å². The monoisotopic (exact) mass is 581 g/mol. The molecular weight excluding hydrogens is 554 g/mol. The smallest absolute Gasteiger partial charge is 0.295 e. The number of aryl methyl sites for hydroxylation is 1. The van der Waals surface area contributed by atoms with Crippen molar-refractivity contribution < 1.29 is 0 Å². The van der Waals surface area contributed by atoms with Crippen LogP contribution >= 0.6 is 0 Å². The second-order valence-electron chi connectivity index (χ2n) is 11.0. The summed E-state index contributed by atoms with van der Waals surface area (Å²) in [5.74, 6) is 1.87. The predicted octanol–water partition coefficient (Wildman–Crippen LogP) is 8.34. The average Bonchev–Trinajstić information content (AvgIpc) is 3.37. The third kappa shape index (κ3) is 4.79. The van der Waals surface area contributed by atoms with Crippen molar-refractivity contribution in [2.45, 2.75) is 0 Å². The third-order valence-corrected chi connectivity index (χ3v) is 8.22. The Hall–Kier alpha value is -6.14. The van der Waals surface area contributed by atoms with Crippen LogP contribution in [0.3, 0.4) is 0 Å². The first-order chi connectivity index (χ1) is 22.1. The van der Waals surface area contributed by atoms with Crippen LogP contribution in [0.5, 0.6) is 0 Å². The van der Waals surface area contributed by atoms with Gasteiger partial charge in [0.1, 0.15) is 0 Å². The summed E-state index contributed by atoms with van der Waals surface area (Å²) >= 11 is 0. The molecular formula is C39H27N5O. The van der Waals surface area contributed by atoms with E-state index in [1.807, 2.05) is 104 Å². The summed E-state index contributed by atoms with van der Waals surface area (Å²) < 4.78 is 3.49. The van der Waals surface area contributed by atoms with Gasteiger partial charge in [-0.1, -0.05) is 121 Å². The van der Waals surface area contributed by atoms with Crippen LogP contribution in [0.4, 0.5) is 0 Å². The van der Waals surface area contributed by atoms with Crippen LogP contribution in [0.25, 0.3) is 72.8 Å². The quantitative estimate of drug-likeness (QED) is 0.205. The van der Waals surface area contributed by atoms with Gasteiger partial charge in [0.15, 0.2) is 17.5 Å². The van der Waals surface area contributed by atoms with Gasteiger partial charge in [-0.3, -0.25) is 9.13 Å². The molecule has 0 radical (unpaired) electrons. The lowest BCUT2D eigenvalue weighted by molar-refractivity contribution is 0.847. The molecule has 0 amide bonds. The Morgan fingerprint density at radius 2 is 0.956 bits per heavy atom. The van der Waals surface area contributed by atoms with E-state index in [1.165, 1.54) is 0 Å². The van der Waals surface area contributed by atoms with Crippen molar-refractivity contribution in [1.29, 1.82) is 0 Å². The molecule has 0 N–H and O–H groups in total. The number of hydrogen-bond acceptors (Lipinski definition) is 4. The second kappa shape index (κ2) is 10.8. The highest BCUT2D eigenvalue weighted by Gasteiger charge is 2.15. The normalized spacial score (nSPS) is 11.3. The van der Waals surface area contributed by atoms with Gasteiger partial charge < -0.3 is 0 Å². The number of benzene rings is 6. The summed E-state index contributed by atoms with van der Waals surface area (Å²) in [5, 5.41) is 2.23. The zero-order valence-electron chi connectivity index (χ0n) is 24.5. The lowest BCUT2D eigenvalue weighted by Gasteiger charge is -2.10. The molecule has 6 nitrogen and oxygen atoms in total. The summed E-state index contributed by atoms with van der Waals surface area (Å²) in [5.41, 5.74) is 7.30. The minimum absolute atomic E-state index is 0.0777. The number of hydrogen-bond donors (Lipinski definition) is 0. The highest BCUT2D eigenvalue weighted by Crippen LogP contribution is 2.30. The molecule has 0 unspecified atom stereocenters. The minimum Gasteiger partial charge on any atom is -0.295 e. The molecule has 0 atom stereocenters. The maximum absolute atomic E-state index is 13.4. The minimum atomic E-state index is -0.0777. The van der Waals surface area contributed by atoms with Crippen molar-refractivity contribution in [3.8, 4) is 51.0 Å². The van der Waals surface area contributed by atoms with Crippen molar-refractivity contribution in [3.63, 3.8) is 0 Å². The van der Waals surface area contributed by atoms with Crippen LogP contribution in [-0.4, -0.2) is 24.1 Å². The number of nitrogens with zero attached hydrogens (tertiary/aromatic N) is 5. The van der Waals surface area contributed by atoms with E-state index < -0.39 is 0 Å². The fourth-order valence-electron chi connectivity index (χ4n) is 5.84. The van der Waals surface area contributed by atoms with Gasteiger partial charge in [-0.2, -0.15) is 0 Å². The standard InChI is InChI=1S/C39H27N5O/c1-43-34-23-21-32(25-35(34)44(39(43)45)33-22-20-26-10-8-9-15-31(26)24-33)27-16-18-30(19-17-27)38-41-36(28-11-4-2-5-12-28)40-37(42-38)29-13-6-3-7-14-29/h2-25H,1H3. The molecule has 8 aromatic rings. The van der Waals surface area contributed by atoms with E-state index in [0.29, 0.717) is 17.5 Å². The summed E-state index contributed by atoms with van der Waals surface area (Å²) in [6, 6.07) is 48.7. The van der Waals surface area contributed by atoms with Crippen LogP contribution in [0, 0.1) is 0 Å². The first kappa shape index (κ1) is 26.5. The topological polar surface area (TPSA) is 65.6 Å². The van der Waals surface area contributed by atoms with Gasteiger partial charge in [0.25, 0.3) is 0 Å². The van der Waals surface area contributed by atoms with Crippen LogP contribution < -0.4 is 5.69 Å². The Morgan fingerprint density at radius 1 is 0.444 bits per heavy atom. The van der Waals surface area contributed by atoms with Crippen LogP contribution in [0.1, 0.15) is 0 Å². The summed E-state index contributed by atoms with van der Waals surface area (Å²) in [4.78, 5) is 28.0. The molecule has 2 heterocycles. The number of fused-ring (bicyclic) bond motifs is 2. The highest BCUT2D eigenvalue weighted by molar-refractivity contribution is 5.88. The molecule has 2 aromatic heterocycles. The number of imidazole rings is 1. The molecule has 6 aromatic carbocycles. The number of aromatic nitrogens is 5. The number of rotatable bonds is 5. The van der Waals surface area contributed by atoms with Gasteiger partial charge in [-0.25, -0.2) is 19.7 Å². The first-order valence-corrected chi connectivity index (χ1v) is 14.8. The molecule has 0 saturated carbocycles. The van der Waals surface area contributed by atoms with E-state index in [2.05, 4.69) is 48.5 Å². The molecule has 0 aliphatic carbocycles. The summed E-state index contributed by atoms with van der Waals surface area (Å²) in [6.45, 7) is 0. The maximum Gasteiger partial charge on any atom is 0.333 e. The summed E-state index contributed by atoms with van der Waals surface area (Å²) in [6.07, 6.45) is 0. The van der Waals surface area contributed by atoms with Crippen molar-refractivity contribution in [2.75, 3.05) is 0 Å². The lowest BCUT2D eigenvalue weighted by atomic mass is 10.0. The molecule has 0 aliphatic rings. The van der Waals surface area contributed by atoms with Crippen LogP contribution in [0.15, 0.2) is 150 Å². The van der Waals surface area contributed by atoms with Crippen molar-refractivity contribution in [3.05, 3.63) is 156 Å². The van der Waals surface area contributed by atoms with Gasteiger partial charge >= 0.3 is 5.69 Å². The summed E-state index contributed by atoms with van der Waals surface area (Å²) in [7, 11) is 1.82. The van der Waals surface area contributed by atoms with E-state index in [1.54, 1.807) is 9.13 Å². The fraction of sp³-hybridized carbons (Fsp3) is 0.0256. The Bertz CT molecular complexity index is 2330. The lowest BCUT2D eigenvalue weighted by Crippen LogP contribution is -2.20. The molecule has 0 aliphatic heterocycles. The van der Waals surface area contributed by atoms with Gasteiger partial charge in [0.05, 0.1) is 16.7 Å². The largest absolute Gasteiger partial charge is 0.333 e. The second-order valence-corrected chi connectivity index (χ2v) is 11.0. The zero-order chi connectivity index (χ0) is 30.3. The van der Waals surface area contributed by atoms with Gasteiger partial charge in [-0.15, -0.1) is 0 Å². The van der Waals surface area contributed by atoms with E-state index in [9.17, 15) is 4.79 Å².